The van der Waals surface area contributed by atoms with Gasteiger partial charge in [0.05, 0.1) is 15.2 Å². The number of nitrogens with one attached hydrogen (secondary N) is 1. The number of pyridine rings is 1. The molecule has 0 spiro atoms. The number of hydrazone groups is 1. The minimum atomic E-state index is -0.359. The van der Waals surface area contributed by atoms with Gasteiger partial charge in [-0.05, 0) is 50.1 Å². The molecule has 1 amide bonds. The molecule has 0 saturated carbocycles. The summed E-state index contributed by atoms with van der Waals surface area (Å²) in [7, 11) is 0. The maximum absolute atomic E-state index is 11.7. The second-order valence-electron chi connectivity index (χ2n) is 4.07. The van der Waals surface area contributed by atoms with Crippen LogP contribution in [0.3, 0.4) is 0 Å². The molecule has 0 aliphatic carbocycles. The van der Waals surface area contributed by atoms with Gasteiger partial charge in [-0.25, -0.2) is 5.43 Å². The number of hydrogen-bond donors (Lipinski definition) is 1. The van der Waals surface area contributed by atoms with Crippen LogP contribution in [0.2, 0.25) is 0 Å². The first-order chi connectivity index (χ1) is 10.6. The molecule has 1 N–H and O–H groups in total. The van der Waals surface area contributed by atoms with Gasteiger partial charge in [0.15, 0.2) is 6.61 Å². The van der Waals surface area contributed by atoms with Gasteiger partial charge in [-0.15, -0.1) is 0 Å². The Balaban J connectivity index is 1.87. The van der Waals surface area contributed by atoms with Crippen LogP contribution in [0, 0.1) is 0 Å². The van der Waals surface area contributed by atoms with E-state index in [4.69, 9.17) is 4.74 Å². The molecule has 0 radical (unpaired) electrons. The van der Waals surface area contributed by atoms with Gasteiger partial charge in [-0.1, -0.05) is 22.0 Å². The quantitative estimate of drug-likeness (QED) is 0.509. The van der Waals surface area contributed by atoms with Gasteiger partial charge in [0.2, 0.25) is 0 Å². The predicted molar refractivity (Wildman–Crippen MR) is 95.0 cm³/mol. The van der Waals surface area contributed by atoms with E-state index in [-0.39, 0.29) is 12.5 Å². The number of hydrogen-bond acceptors (Lipinski definition) is 4. The average Bonchev–Trinajstić information content (AvgIpc) is 2.47. The van der Waals surface area contributed by atoms with E-state index in [0.717, 1.165) is 19.0 Å². The molecule has 5 nitrogen and oxygen atoms in total. The van der Waals surface area contributed by atoms with Gasteiger partial charge >= 0.3 is 0 Å². The summed E-state index contributed by atoms with van der Waals surface area (Å²) in [6, 6.07) is 7.28. The number of carbonyl (C=O) groups excluding carboxylic acids is 1. The number of ether oxygens (including phenoxy) is 1. The molecule has 1 heterocycles. The van der Waals surface area contributed by atoms with Crippen LogP contribution in [0.25, 0.3) is 0 Å². The van der Waals surface area contributed by atoms with Gasteiger partial charge < -0.3 is 4.74 Å². The van der Waals surface area contributed by atoms with E-state index < -0.39 is 0 Å². The van der Waals surface area contributed by atoms with Crippen molar-refractivity contribution in [3.63, 3.8) is 0 Å². The van der Waals surface area contributed by atoms with E-state index in [1.54, 1.807) is 18.5 Å². The normalized spacial score (nSPS) is 10.7. The molecular formula is C14H10Br3N3O2. The van der Waals surface area contributed by atoms with Crippen LogP contribution < -0.4 is 10.2 Å². The lowest BCUT2D eigenvalue weighted by molar-refractivity contribution is -0.123. The van der Waals surface area contributed by atoms with Gasteiger partial charge in [-0.3, -0.25) is 9.78 Å². The van der Waals surface area contributed by atoms with Gasteiger partial charge in [0.1, 0.15) is 5.75 Å². The van der Waals surface area contributed by atoms with E-state index in [1.165, 1.54) is 6.21 Å². The zero-order valence-electron chi connectivity index (χ0n) is 11.1. The summed E-state index contributed by atoms with van der Waals surface area (Å²) >= 11 is 10.1. The number of carbonyl (C=O) groups is 1. The number of rotatable bonds is 5. The fourth-order valence-electron chi connectivity index (χ4n) is 1.47. The van der Waals surface area contributed by atoms with Crippen LogP contribution in [-0.2, 0) is 4.79 Å². The van der Waals surface area contributed by atoms with E-state index in [0.29, 0.717) is 5.75 Å². The Morgan fingerprint density at radius 3 is 2.68 bits per heavy atom. The van der Waals surface area contributed by atoms with Crippen LogP contribution in [0.1, 0.15) is 5.56 Å². The fraction of sp³-hybridized carbons (Fsp3) is 0.0714. The monoisotopic (exact) mass is 489 g/mol. The van der Waals surface area contributed by atoms with Crippen molar-refractivity contribution in [2.24, 2.45) is 5.10 Å². The third kappa shape index (κ3) is 5.19. The van der Waals surface area contributed by atoms with Crippen molar-refractivity contribution in [1.82, 2.24) is 10.4 Å². The van der Waals surface area contributed by atoms with Crippen molar-refractivity contribution in [1.29, 1.82) is 0 Å². The summed E-state index contributed by atoms with van der Waals surface area (Å²) in [5.41, 5.74) is 3.18. The Hall–Kier alpha value is -1.25. The highest BCUT2D eigenvalue weighted by atomic mass is 79.9. The van der Waals surface area contributed by atoms with Crippen molar-refractivity contribution in [3.05, 3.63) is 55.6 Å². The summed E-state index contributed by atoms with van der Waals surface area (Å²) in [4.78, 5) is 15.6. The SMILES string of the molecule is O=C(COc1c(Br)cc(Br)cc1Br)N/N=C/c1cccnc1. The van der Waals surface area contributed by atoms with Crippen molar-refractivity contribution in [2.75, 3.05) is 6.61 Å². The van der Waals surface area contributed by atoms with E-state index in [1.807, 2.05) is 18.2 Å². The molecule has 2 aromatic rings. The maximum Gasteiger partial charge on any atom is 0.277 e. The summed E-state index contributed by atoms with van der Waals surface area (Å²) in [6.07, 6.45) is 4.82. The molecule has 0 saturated heterocycles. The van der Waals surface area contributed by atoms with Crippen molar-refractivity contribution in [2.45, 2.75) is 0 Å². The molecule has 22 heavy (non-hydrogen) atoms. The zero-order chi connectivity index (χ0) is 15.9. The lowest BCUT2D eigenvalue weighted by atomic mass is 10.3. The summed E-state index contributed by atoms with van der Waals surface area (Å²) < 4.78 is 7.84. The second kappa shape index (κ2) is 8.40. The minimum absolute atomic E-state index is 0.150. The maximum atomic E-state index is 11.7. The lowest BCUT2D eigenvalue weighted by Gasteiger charge is -2.09. The van der Waals surface area contributed by atoms with Crippen molar-refractivity contribution >= 4 is 59.9 Å². The molecule has 0 atom stereocenters. The molecule has 0 unspecified atom stereocenters. The number of aromatic nitrogens is 1. The molecule has 0 aliphatic rings. The van der Waals surface area contributed by atoms with E-state index >= 15 is 0 Å². The molecule has 2 rings (SSSR count). The van der Waals surface area contributed by atoms with Gasteiger partial charge in [0.25, 0.3) is 5.91 Å². The summed E-state index contributed by atoms with van der Waals surface area (Å²) in [5, 5.41) is 3.84. The highest BCUT2D eigenvalue weighted by Crippen LogP contribution is 2.36. The standard InChI is InChI=1S/C14H10Br3N3O2/c15-10-4-11(16)14(12(17)5-10)22-8-13(21)20-19-7-9-2-1-3-18-6-9/h1-7H,8H2,(H,20,21)/b19-7+. The Morgan fingerprint density at radius 2 is 2.05 bits per heavy atom. The number of amides is 1. The highest BCUT2D eigenvalue weighted by Gasteiger charge is 2.10. The Kier molecular flexibility index (Phi) is 6.53. The fourth-order valence-corrected chi connectivity index (χ4v) is 3.96. The van der Waals surface area contributed by atoms with Crippen LogP contribution in [0.5, 0.6) is 5.75 Å². The number of benzene rings is 1. The largest absolute Gasteiger partial charge is 0.481 e. The van der Waals surface area contributed by atoms with Crippen molar-refractivity contribution in [3.8, 4) is 5.75 Å². The second-order valence-corrected chi connectivity index (χ2v) is 6.69. The summed E-state index contributed by atoms with van der Waals surface area (Å²) in [5.74, 6) is 0.191. The van der Waals surface area contributed by atoms with Gasteiger partial charge in [0, 0.05) is 22.4 Å². The van der Waals surface area contributed by atoms with E-state index in [2.05, 4.69) is 63.3 Å². The predicted octanol–water partition coefficient (Wildman–Crippen LogP) is 3.90. The highest BCUT2D eigenvalue weighted by molar-refractivity contribution is 9.11. The van der Waals surface area contributed by atoms with Crippen LogP contribution in [-0.4, -0.2) is 23.7 Å². The summed E-state index contributed by atoms with van der Waals surface area (Å²) in [6.45, 7) is -0.150. The zero-order valence-corrected chi connectivity index (χ0v) is 15.9. The van der Waals surface area contributed by atoms with E-state index in [9.17, 15) is 4.79 Å². The minimum Gasteiger partial charge on any atom is -0.481 e. The average molecular weight is 492 g/mol. The number of halogens is 3. The molecule has 1 aromatic carbocycles. The smallest absolute Gasteiger partial charge is 0.277 e. The Morgan fingerprint density at radius 1 is 1.32 bits per heavy atom. The third-order valence-electron chi connectivity index (χ3n) is 2.40. The topological polar surface area (TPSA) is 63.6 Å². The Labute approximate surface area is 152 Å². The molecule has 0 fully saturated rings. The third-order valence-corrected chi connectivity index (χ3v) is 4.03. The van der Waals surface area contributed by atoms with Gasteiger partial charge in [-0.2, -0.15) is 5.10 Å². The lowest BCUT2D eigenvalue weighted by Crippen LogP contribution is -2.24. The molecule has 114 valence electrons. The van der Waals surface area contributed by atoms with Crippen molar-refractivity contribution < 1.29 is 9.53 Å². The Bertz CT molecular complexity index is 670. The first-order valence-electron chi connectivity index (χ1n) is 6.05. The molecule has 0 aliphatic heterocycles. The molecule has 8 heteroatoms. The van der Waals surface area contributed by atoms with Crippen LogP contribution >= 0.6 is 47.8 Å². The van der Waals surface area contributed by atoms with Crippen LogP contribution in [0.15, 0.2) is 55.2 Å². The van der Waals surface area contributed by atoms with Crippen LogP contribution in [0.4, 0.5) is 0 Å². The first kappa shape index (κ1) is 17.1. The molecule has 0 bridgehead atoms. The molecule has 1 aromatic heterocycles. The number of nitrogens with zero attached hydrogens (tertiary/aromatic N) is 2. The first-order valence-corrected chi connectivity index (χ1v) is 8.43. The molecular weight excluding hydrogens is 482 g/mol.